The van der Waals surface area contributed by atoms with Crippen LogP contribution in [0.2, 0.25) is 5.02 Å². The van der Waals surface area contributed by atoms with Gasteiger partial charge in [-0.15, -0.1) is 16.4 Å². The summed E-state index contributed by atoms with van der Waals surface area (Å²) in [7, 11) is 0. The van der Waals surface area contributed by atoms with Crippen molar-refractivity contribution in [1.82, 2.24) is 20.5 Å². The number of aromatic amines is 1. The molecule has 3 rings (SSSR count). The highest BCUT2D eigenvalue weighted by Gasteiger charge is 2.08. The largest absolute Gasteiger partial charge is 0.486 e. The van der Waals surface area contributed by atoms with E-state index in [4.69, 9.17) is 16.3 Å². The number of benzene rings is 1. The van der Waals surface area contributed by atoms with Crippen LogP contribution in [0, 0.1) is 0 Å². The van der Waals surface area contributed by atoms with Crippen LogP contribution in [-0.4, -0.2) is 26.8 Å². The number of thiophene rings is 1. The molecule has 25 heavy (non-hydrogen) atoms. The second-order valence-corrected chi connectivity index (χ2v) is 7.36. The minimum atomic E-state index is -0.0536. The lowest BCUT2D eigenvalue weighted by Gasteiger charge is -2.03. The first-order valence-electron chi connectivity index (χ1n) is 7.40. The van der Waals surface area contributed by atoms with E-state index in [2.05, 4.69) is 20.5 Å². The van der Waals surface area contributed by atoms with Crippen LogP contribution in [0.15, 0.2) is 46.9 Å². The fourth-order valence-electron chi connectivity index (χ4n) is 1.87. The number of halogens is 1. The maximum atomic E-state index is 11.8. The molecule has 0 saturated carbocycles. The molecule has 2 heterocycles. The second-order valence-electron chi connectivity index (χ2n) is 4.95. The Hall–Kier alpha value is -2.03. The number of ether oxygens (including phenoxy) is 1. The average Bonchev–Trinajstić information content (AvgIpc) is 3.29. The number of amides is 1. The van der Waals surface area contributed by atoms with E-state index in [0.29, 0.717) is 28.3 Å². The molecule has 6 nitrogen and oxygen atoms in total. The van der Waals surface area contributed by atoms with Crippen molar-refractivity contribution < 1.29 is 9.53 Å². The molecule has 0 spiro atoms. The third kappa shape index (κ3) is 5.77. The molecule has 2 N–H and O–H groups in total. The normalized spacial score (nSPS) is 10.6. The third-order valence-corrected chi connectivity index (χ3v) is 5.05. The highest BCUT2D eigenvalue weighted by atomic mass is 35.5. The Labute approximate surface area is 158 Å². The van der Waals surface area contributed by atoms with Crippen molar-refractivity contribution in [1.29, 1.82) is 0 Å². The van der Waals surface area contributed by atoms with Gasteiger partial charge in [-0.05, 0) is 35.7 Å². The SMILES string of the molecule is O=C(CSc1n[nH]c(COc2ccc(Cl)cc2)n1)NCc1cccs1. The van der Waals surface area contributed by atoms with Crippen LogP contribution in [0.5, 0.6) is 5.75 Å². The van der Waals surface area contributed by atoms with Crippen LogP contribution in [0.25, 0.3) is 0 Å². The van der Waals surface area contributed by atoms with Gasteiger partial charge in [0.25, 0.3) is 0 Å². The van der Waals surface area contributed by atoms with Gasteiger partial charge in [-0.25, -0.2) is 4.98 Å². The van der Waals surface area contributed by atoms with E-state index in [9.17, 15) is 4.79 Å². The number of aromatic nitrogens is 3. The first kappa shape index (κ1) is 17.8. The summed E-state index contributed by atoms with van der Waals surface area (Å²) < 4.78 is 5.59. The Morgan fingerprint density at radius 2 is 2.16 bits per heavy atom. The van der Waals surface area contributed by atoms with Crippen molar-refractivity contribution in [2.75, 3.05) is 5.75 Å². The third-order valence-electron chi connectivity index (χ3n) is 3.07. The highest BCUT2D eigenvalue weighted by Crippen LogP contribution is 2.17. The number of carbonyl (C=O) groups is 1. The topological polar surface area (TPSA) is 79.9 Å². The molecule has 9 heteroatoms. The summed E-state index contributed by atoms with van der Waals surface area (Å²) in [5.74, 6) is 1.50. The van der Waals surface area contributed by atoms with E-state index in [-0.39, 0.29) is 18.3 Å². The van der Waals surface area contributed by atoms with Crippen LogP contribution in [0.1, 0.15) is 10.7 Å². The fraction of sp³-hybridized carbons (Fsp3) is 0.188. The zero-order chi connectivity index (χ0) is 17.5. The van der Waals surface area contributed by atoms with E-state index >= 15 is 0 Å². The maximum absolute atomic E-state index is 11.8. The van der Waals surface area contributed by atoms with Gasteiger partial charge in [-0.2, -0.15) is 0 Å². The molecule has 0 bridgehead atoms. The zero-order valence-corrected chi connectivity index (χ0v) is 15.5. The standard InChI is InChI=1S/C16H15ClN4O2S2/c17-11-3-5-12(6-4-11)23-9-14-19-16(21-20-14)25-10-15(22)18-8-13-2-1-7-24-13/h1-7H,8-10H2,(H,18,22)(H,19,20,21). The maximum Gasteiger partial charge on any atom is 0.230 e. The predicted molar refractivity (Wildman–Crippen MR) is 99.1 cm³/mol. The summed E-state index contributed by atoms with van der Waals surface area (Å²) in [6, 6.07) is 11.0. The zero-order valence-electron chi connectivity index (χ0n) is 13.1. The lowest BCUT2D eigenvalue weighted by Crippen LogP contribution is -2.24. The summed E-state index contributed by atoms with van der Waals surface area (Å²) in [5, 5.41) is 12.9. The number of carbonyl (C=O) groups excluding carboxylic acids is 1. The Morgan fingerprint density at radius 3 is 2.92 bits per heavy atom. The monoisotopic (exact) mass is 394 g/mol. The molecule has 1 amide bonds. The van der Waals surface area contributed by atoms with Gasteiger partial charge in [0.05, 0.1) is 12.3 Å². The van der Waals surface area contributed by atoms with Gasteiger partial charge in [0.2, 0.25) is 11.1 Å². The van der Waals surface area contributed by atoms with Crippen LogP contribution >= 0.6 is 34.7 Å². The molecule has 0 aliphatic carbocycles. The predicted octanol–water partition coefficient (Wildman–Crippen LogP) is 3.51. The molecule has 0 fully saturated rings. The fourth-order valence-corrected chi connectivity index (χ4v) is 3.29. The number of nitrogens with one attached hydrogen (secondary N) is 2. The molecule has 0 radical (unpaired) electrons. The van der Waals surface area contributed by atoms with Gasteiger partial charge in [-0.1, -0.05) is 29.4 Å². The van der Waals surface area contributed by atoms with Crippen LogP contribution in [-0.2, 0) is 17.9 Å². The smallest absolute Gasteiger partial charge is 0.230 e. The Kier molecular flexibility index (Phi) is 6.32. The van der Waals surface area contributed by atoms with E-state index in [1.54, 1.807) is 35.6 Å². The van der Waals surface area contributed by atoms with E-state index in [1.165, 1.54) is 11.8 Å². The summed E-state index contributed by atoms with van der Waals surface area (Å²) in [6.07, 6.45) is 0. The Morgan fingerprint density at radius 1 is 1.32 bits per heavy atom. The minimum absolute atomic E-state index is 0.0536. The van der Waals surface area contributed by atoms with Gasteiger partial charge in [0.1, 0.15) is 12.4 Å². The van der Waals surface area contributed by atoms with E-state index in [0.717, 1.165) is 4.88 Å². The molecule has 0 aliphatic rings. The number of H-pyrrole nitrogens is 1. The molecule has 0 atom stereocenters. The minimum Gasteiger partial charge on any atom is -0.486 e. The Bertz CT molecular complexity index is 806. The van der Waals surface area contributed by atoms with Crippen molar-refractivity contribution in [3.05, 3.63) is 57.5 Å². The summed E-state index contributed by atoms with van der Waals surface area (Å²) in [6.45, 7) is 0.811. The molecule has 3 aromatic rings. The Balaban J connectivity index is 1.40. The molecule has 0 aliphatic heterocycles. The van der Waals surface area contributed by atoms with Crippen molar-refractivity contribution in [2.24, 2.45) is 0 Å². The van der Waals surface area contributed by atoms with Gasteiger partial charge < -0.3 is 10.1 Å². The molecule has 1 aromatic carbocycles. The number of hydrogen-bond donors (Lipinski definition) is 2. The number of nitrogens with zero attached hydrogens (tertiary/aromatic N) is 2. The van der Waals surface area contributed by atoms with Gasteiger partial charge in [0, 0.05) is 9.90 Å². The van der Waals surface area contributed by atoms with E-state index < -0.39 is 0 Å². The quantitative estimate of drug-likeness (QED) is 0.571. The van der Waals surface area contributed by atoms with Crippen molar-refractivity contribution in [3.63, 3.8) is 0 Å². The van der Waals surface area contributed by atoms with Crippen LogP contribution < -0.4 is 10.1 Å². The van der Waals surface area contributed by atoms with Crippen LogP contribution in [0.3, 0.4) is 0 Å². The second kappa shape index (κ2) is 8.89. The molecule has 0 saturated heterocycles. The molecular weight excluding hydrogens is 380 g/mol. The average molecular weight is 395 g/mol. The van der Waals surface area contributed by atoms with Crippen LogP contribution in [0.4, 0.5) is 0 Å². The van der Waals surface area contributed by atoms with E-state index in [1.807, 2.05) is 17.5 Å². The molecule has 130 valence electrons. The lowest BCUT2D eigenvalue weighted by molar-refractivity contribution is -0.118. The molecule has 0 unspecified atom stereocenters. The summed E-state index contributed by atoms with van der Waals surface area (Å²) in [5.41, 5.74) is 0. The van der Waals surface area contributed by atoms with Crippen molar-refractivity contribution in [3.8, 4) is 5.75 Å². The molecular formula is C16H15ClN4O2S2. The first-order chi connectivity index (χ1) is 12.2. The summed E-state index contributed by atoms with van der Waals surface area (Å²) in [4.78, 5) is 17.2. The van der Waals surface area contributed by atoms with Crippen molar-refractivity contribution in [2.45, 2.75) is 18.3 Å². The molecule has 2 aromatic heterocycles. The lowest BCUT2D eigenvalue weighted by atomic mass is 10.3. The van der Waals surface area contributed by atoms with Crippen molar-refractivity contribution >= 4 is 40.6 Å². The highest BCUT2D eigenvalue weighted by molar-refractivity contribution is 7.99. The summed E-state index contributed by atoms with van der Waals surface area (Å²) >= 11 is 8.71. The van der Waals surface area contributed by atoms with Gasteiger partial charge in [-0.3, -0.25) is 9.89 Å². The number of hydrogen-bond acceptors (Lipinski definition) is 6. The first-order valence-corrected chi connectivity index (χ1v) is 9.65. The number of thioether (sulfide) groups is 1. The van der Waals surface area contributed by atoms with Gasteiger partial charge >= 0.3 is 0 Å². The number of rotatable bonds is 8. The van der Waals surface area contributed by atoms with Gasteiger partial charge in [0.15, 0.2) is 5.82 Å².